The molecule has 0 aliphatic carbocycles. The number of hydrogen-bond acceptors (Lipinski definition) is 7. The minimum absolute atomic E-state index is 0.0655. The summed E-state index contributed by atoms with van der Waals surface area (Å²) in [5.74, 6) is -1.08. The number of aliphatic hydroxyl groups is 1. The predicted molar refractivity (Wildman–Crippen MR) is 123 cm³/mol. The highest BCUT2D eigenvalue weighted by Gasteiger charge is 2.48. The van der Waals surface area contributed by atoms with Crippen LogP contribution in [0.15, 0.2) is 48.5 Å². The number of anilines is 1. The van der Waals surface area contributed by atoms with Crippen molar-refractivity contribution in [2.75, 3.05) is 17.7 Å². The van der Waals surface area contributed by atoms with Crippen LogP contribution in [0.5, 0.6) is 0 Å². The average Bonchev–Trinajstić information content (AvgIpc) is 3.12. The summed E-state index contributed by atoms with van der Waals surface area (Å²) in [5.41, 5.74) is 4.92. The Morgan fingerprint density at radius 2 is 1.73 bits per heavy atom. The first kappa shape index (κ1) is 24.7. The van der Waals surface area contributed by atoms with Gasteiger partial charge in [-0.3, -0.25) is 14.9 Å². The fourth-order valence-electron chi connectivity index (χ4n) is 3.81. The number of nitrogens with one attached hydrogen (secondary N) is 1. The lowest BCUT2D eigenvalue weighted by molar-refractivity contribution is -0.132. The summed E-state index contributed by atoms with van der Waals surface area (Å²) in [6.45, 7) is 2.99. The van der Waals surface area contributed by atoms with E-state index in [1.165, 1.54) is 17.3 Å². The number of rotatable bonds is 8. The van der Waals surface area contributed by atoms with Gasteiger partial charge >= 0.3 is 6.09 Å². The van der Waals surface area contributed by atoms with Crippen molar-refractivity contribution in [1.29, 1.82) is 0 Å². The molecule has 0 saturated carbocycles. The number of hydroxylamine groups is 1. The van der Waals surface area contributed by atoms with Crippen molar-refractivity contribution in [3.05, 3.63) is 54.1 Å². The van der Waals surface area contributed by atoms with Gasteiger partial charge < -0.3 is 9.84 Å². The van der Waals surface area contributed by atoms with E-state index >= 15 is 0 Å². The normalized spacial score (nSPS) is 19.0. The van der Waals surface area contributed by atoms with Gasteiger partial charge in [0.25, 0.3) is 5.91 Å². The van der Waals surface area contributed by atoms with Crippen LogP contribution < -0.4 is 10.4 Å². The molecule has 178 valence electrons. The number of ether oxygens (including phenoxy) is 1. The van der Waals surface area contributed by atoms with Crippen molar-refractivity contribution in [1.82, 2.24) is 5.48 Å². The Morgan fingerprint density at radius 3 is 2.21 bits per heavy atom. The summed E-state index contributed by atoms with van der Waals surface area (Å²) in [4.78, 5) is 25.8. The third-order valence-corrected chi connectivity index (χ3v) is 7.88. The molecule has 9 nitrogen and oxygen atoms in total. The lowest BCUT2D eigenvalue weighted by Crippen LogP contribution is -2.51. The fourth-order valence-corrected chi connectivity index (χ4v) is 4.68. The van der Waals surface area contributed by atoms with Gasteiger partial charge in [0.1, 0.15) is 6.10 Å². The number of nitrogens with zero attached hydrogens (tertiary/aromatic N) is 1. The van der Waals surface area contributed by atoms with E-state index in [2.05, 4.69) is 0 Å². The summed E-state index contributed by atoms with van der Waals surface area (Å²) < 4.78 is 27.7. The van der Waals surface area contributed by atoms with Crippen molar-refractivity contribution in [3.8, 4) is 11.1 Å². The zero-order valence-corrected chi connectivity index (χ0v) is 19.5. The van der Waals surface area contributed by atoms with E-state index in [-0.39, 0.29) is 13.0 Å². The number of carbonyl (C=O) groups excluding carboxylic acids is 2. The minimum Gasteiger partial charge on any atom is -0.444 e. The number of sulfone groups is 1. The molecule has 0 unspecified atom stereocenters. The second kappa shape index (κ2) is 9.50. The van der Waals surface area contributed by atoms with Crippen molar-refractivity contribution in [3.63, 3.8) is 0 Å². The molecule has 3 atom stereocenters. The van der Waals surface area contributed by atoms with Gasteiger partial charge in [-0.1, -0.05) is 36.4 Å². The second-order valence-corrected chi connectivity index (χ2v) is 11.0. The van der Waals surface area contributed by atoms with Gasteiger partial charge in [0.05, 0.1) is 12.6 Å². The van der Waals surface area contributed by atoms with E-state index in [1.807, 2.05) is 36.4 Å². The van der Waals surface area contributed by atoms with E-state index in [1.54, 1.807) is 19.1 Å². The number of cyclic esters (lactones) is 1. The molecule has 2 amide bonds. The monoisotopic (exact) mass is 476 g/mol. The Hall–Kier alpha value is -2.95. The Morgan fingerprint density at radius 1 is 1.18 bits per heavy atom. The number of hydrogen-bond donors (Lipinski definition) is 3. The Labute approximate surface area is 192 Å². The first-order valence-electron chi connectivity index (χ1n) is 10.4. The van der Waals surface area contributed by atoms with Crippen LogP contribution in [-0.2, 0) is 25.8 Å². The molecule has 0 aromatic heterocycles. The van der Waals surface area contributed by atoms with E-state index in [0.29, 0.717) is 12.1 Å². The summed E-state index contributed by atoms with van der Waals surface area (Å²) in [7, 11) is -3.90. The molecule has 2 aromatic rings. The maximum Gasteiger partial charge on any atom is 0.414 e. The highest BCUT2D eigenvalue weighted by atomic mass is 32.2. The third-order valence-electron chi connectivity index (χ3n) is 5.89. The van der Waals surface area contributed by atoms with Crippen LogP contribution in [0.25, 0.3) is 11.1 Å². The van der Waals surface area contributed by atoms with Crippen LogP contribution in [0.2, 0.25) is 0 Å². The molecular weight excluding hydrogens is 448 g/mol. The molecule has 10 heteroatoms. The average molecular weight is 477 g/mol. The van der Waals surface area contributed by atoms with Crippen LogP contribution in [0, 0.1) is 0 Å². The molecule has 3 rings (SSSR count). The molecule has 0 spiro atoms. The van der Waals surface area contributed by atoms with Gasteiger partial charge in [-0.25, -0.2) is 18.7 Å². The quantitative estimate of drug-likeness (QED) is 0.393. The van der Waals surface area contributed by atoms with Crippen LogP contribution in [-0.4, -0.2) is 60.5 Å². The predicted octanol–water partition coefficient (Wildman–Crippen LogP) is 2.30. The maximum atomic E-state index is 12.4. The lowest BCUT2D eigenvalue weighted by Gasteiger charge is -2.26. The zero-order valence-electron chi connectivity index (χ0n) is 18.7. The van der Waals surface area contributed by atoms with Crippen molar-refractivity contribution in [2.24, 2.45) is 0 Å². The topological polar surface area (TPSA) is 133 Å². The van der Waals surface area contributed by atoms with Crippen molar-refractivity contribution < 1.29 is 33.1 Å². The smallest absolute Gasteiger partial charge is 0.414 e. The van der Waals surface area contributed by atoms with Crippen molar-refractivity contribution >= 4 is 27.5 Å². The zero-order chi connectivity index (χ0) is 24.4. The first-order valence-corrected chi connectivity index (χ1v) is 12.3. The molecule has 1 aliphatic heterocycles. The second-order valence-electron chi connectivity index (χ2n) is 8.56. The van der Waals surface area contributed by atoms with Crippen molar-refractivity contribution in [2.45, 2.75) is 43.6 Å². The summed E-state index contributed by atoms with van der Waals surface area (Å²) in [6, 6.07) is 15.1. The van der Waals surface area contributed by atoms with Crippen LogP contribution in [0.3, 0.4) is 0 Å². The summed E-state index contributed by atoms with van der Waals surface area (Å²) in [5, 5.41) is 18.5. The number of carbonyl (C=O) groups is 2. The van der Waals surface area contributed by atoms with E-state index < -0.39 is 38.8 Å². The molecule has 0 radical (unpaired) electrons. The molecule has 1 saturated heterocycles. The number of amides is 2. The minimum atomic E-state index is -3.90. The van der Waals surface area contributed by atoms with Crippen LogP contribution >= 0.6 is 0 Å². The van der Waals surface area contributed by atoms with Gasteiger partial charge in [-0.15, -0.1) is 0 Å². The fraction of sp³-hybridized carbons (Fsp3) is 0.391. The molecule has 33 heavy (non-hydrogen) atoms. The van der Waals surface area contributed by atoms with Gasteiger partial charge in [-0.05, 0) is 49.1 Å². The lowest BCUT2D eigenvalue weighted by atomic mass is 10.0. The highest BCUT2D eigenvalue weighted by molar-refractivity contribution is 7.92. The van der Waals surface area contributed by atoms with Crippen LogP contribution in [0.4, 0.5) is 10.5 Å². The van der Waals surface area contributed by atoms with E-state index in [9.17, 15) is 23.1 Å². The van der Waals surface area contributed by atoms with Crippen LogP contribution in [0.1, 0.15) is 25.8 Å². The number of benzene rings is 2. The standard InChI is InChI=1S/C23H28N2O7S/c1-15(26)12-16-4-6-17(7-5-16)18-8-10-19(11-9-18)25-14-20(32-22(25)28)13-23(2,21(27)24-29)33(3,30)31/h4-11,15,20,26,29H,12-14H2,1-3H3,(H,24,27)/t15-,20+,23-/m1/s1. The van der Waals surface area contributed by atoms with Gasteiger partial charge in [-0.2, -0.15) is 0 Å². The first-order chi connectivity index (χ1) is 15.4. The summed E-state index contributed by atoms with van der Waals surface area (Å²) in [6.07, 6.45) is -0.724. The van der Waals surface area contributed by atoms with Gasteiger partial charge in [0, 0.05) is 18.4 Å². The Bertz CT molecular complexity index is 1110. The molecular formula is C23H28N2O7S. The molecule has 1 fully saturated rings. The van der Waals surface area contributed by atoms with Gasteiger partial charge in [0.2, 0.25) is 0 Å². The number of aliphatic hydroxyl groups excluding tert-OH is 1. The van der Waals surface area contributed by atoms with E-state index in [4.69, 9.17) is 9.94 Å². The Kier molecular flexibility index (Phi) is 7.11. The largest absolute Gasteiger partial charge is 0.444 e. The Balaban J connectivity index is 1.73. The molecule has 0 bridgehead atoms. The molecule has 2 aromatic carbocycles. The summed E-state index contributed by atoms with van der Waals surface area (Å²) >= 11 is 0. The van der Waals surface area contributed by atoms with Gasteiger partial charge in [0.15, 0.2) is 14.6 Å². The highest BCUT2D eigenvalue weighted by Crippen LogP contribution is 2.31. The van der Waals surface area contributed by atoms with E-state index in [0.717, 1.165) is 22.9 Å². The molecule has 1 aliphatic rings. The SMILES string of the molecule is C[C@@H](O)Cc1ccc(-c2ccc(N3C[C@H](C[C@](C)(C(=O)NO)S(C)(=O)=O)OC3=O)cc2)cc1. The maximum absolute atomic E-state index is 12.4. The molecule has 1 heterocycles. The third kappa shape index (κ3) is 5.35. The molecule has 3 N–H and O–H groups in total.